The summed E-state index contributed by atoms with van der Waals surface area (Å²) < 4.78 is 25.3. The first-order valence-corrected chi connectivity index (χ1v) is 7.87. The summed E-state index contributed by atoms with van der Waals surface area (Å²) in [5.41, 5.74) is 0. The molecule has 0 fully saturated rings. The molecule has 0 spiro atoms. The van der Waals surface area contributed by atoms with Gasteiger partial charge in [0.05, 0.1) is 12.4 Å². The van der Waals surface area contributed by atoms with Crippen LogP contribution in [0, 0.1) is 0 Å². The molecule has 5 nitrogen and oxygen atoms in total. The molecule has 0 aliphatic rings. The SMILES string of the molecule is CCCN(CCO)S(=O)(=O)CCCNC(C)C. The molecule has 0 aromatic rings. The molecule has 104 valence electrons. The van der Waals surface area contributed by atoms with Gasteiger partial charge in [0, 0.05) is 19.1 Å². The molecule has 0 saturated carbocycles. The van der Waals surface area contributed by atoms with Crippen LogP contribution in [-0.2, 0) is 10.0 Å². The lowest BCUT2D eigenvalue weighted by molar-refractivity contribution is 0.253. The van der Waals surface area contributed by atoms with Crippen molar-refractivity contribution < 1.29 is 13.5 Å². The van der Waals surface area contributed by atoms with Crippen molar-refractivity contribution in [3.8, 4) is 0 Å². The molecule has 0 rings (SSSR count). The highest BCUT2D eigenvalue weighted by atomic mass is 32.2. The molecule has 0 aliphatic heterocycles. The van der Waals surface area contributed by atoms with Crippen molar-refractivity contribution in [2.24, 2.45) is 0 Å². The molecule has 2 N–H and O–H groups in total. The fourth-order valence-electron chi connectivity index (χ4n) is 1.53. The van der Waals surface area contributed by atoms with Gasteiger partial charge < -0.3 is 10.4 Å². The van der Waals surface area contributed by atoms with Gasteiger partial charge in [0.1, 0.15) is 0 Å². The number of sulfonamides is 1. The van der Waals surface area contributed by atoms with E-state index < -0.39 is 10.0 Å². The van der Waals surface area contributed by atoms with Crippen LogP contribution in [0.5, 0.6) is 0 Å². The Balaban J connectivity index is 4.13. The van der Waals surface area contributed by atoms with Gasteiger partial charge in [-0.25, -0.2) is 8.42 Å². The monoisotopic (exact) mass is 266 g/mol. The first-order chi connectivity index (χ1) is 7.94. The highest BCUT2D eigenvalue weighted by Gasteiger charge is 2.19. The molecule has 0 radical (unpaired) electrons. The Kier molecular flexibility index (Phi) is 8.77. The van der Waals surface area contributed by atoms with E-state index in [1.807, 2.05) is 20.8 Å². The van der Waals surface area contributed by atoms with E-state index in [1.165, 1.54) is 4.31 Å². The third-order valence-electron chi connectivity index (χ3n) is 2.35. The average Bonchev–Trinajstić information content (AvgIpc) is 2.24. The van der Waals surface area contributed by atoms with Crippen LogP contribution in [0.2, 0.25) is 0 Å². The smallest absolute Gasteiger partial charge is 0.214 e. The Bertz CT molecular complexity index is 272. The van der Waals surface area contributed by atoms with Gasteiger partial charge >= 0.3 is 0 Å². The van der Waals surface area contributed by atoms with Crippen molar-refractivity contribution in [1.82, 2.24) is 9.62 Å². The molecule has 0 bridgehead atoms. The maximum atomic E-state index is 11.9. The number of aliphatic hydroxyl groups is 1. The van der Waals surface area contributed by atoms with Crippen LogP contribution in [0.3, 0.4) is 0 Å². The topological polar surface area (TPSA) is 69.6 Å². The van der Waals surface area contributed by atoms with Crippen LogP contribution in [0.25, 0.3) is 0 Å². The molecule has 0 heterocycles. The maximum absolute atomic E-state index is 11.9. The largest absolute Gasteiger partial charge is 0.395 e. The molecule has 0 aromatic heterocycles. The second kappa shape index (κ2) is 8.85. The van der Waals surface area contributed by atoms with Gasteiger partial charge in [-0.05, 0) is 19.4 Å². The summed E-state index contributed by atoms with van der Waals surface area (Å²) in [6, 6.07) is 0.377. The Hall–Kier alpha value is -0.170. The van der Waals surface area contributed by atoms with Crippen molar-refractivity contribution in [1.29, 1.82) is 0 Å². The van der Waals surface area contributed by atoms with E-state index in [0.29, 0.717) is 25.6 Å². The van der Waals surface area contributed by atoms with Crippen LogP contribution in [0.15, 0.2) is 0 Å². The van der Waals surface area contributed by atoms with Crippen LogP contribution >= 0.6 is 0 Å². The van der Waals surface area contributed by atoms with Crippen LogP contribution in [0.1, 0.15) is 33.6 Å². The van der Waals surface area contributed by atoms with E-state index in [4.69, 9.17) is 5.11 Å². The quantitative estimate of drug-likeness (QED) is 0.562. The van der Waals surface area contributed by atoms with Crippen LogP contribution < -0.4 is 5.32 Å². The van der Waals surface area contributed by atoms with Crippen LogP contribution in [0.4, 0.5) is 0 Å². The van der Waals surface area contributed by atoms with E-state index >= 15 is 0 Å². The van der Waals surface area contributed by atoms with Gasteiger partial charge in [-0.2, -0.15) is 4.31 Å². The van der Waals surface area contributed by atoms with E-state index in [0.717, 1.165) is 6.42 Å². The average molecular weight is 266 g/mol. The zero-order valence-corrected chi connectivity index (χ0v) is 12.0. The summed E-state index contributed by atoms with van der Waals surface area (Å²) in [7, 11) is -3.21. The molecule has 6 heteroatoms. The zero-order valence-electron chi connectivity index (χ0n) is 11.1. The fraction of sp³-hybridized carbons (Fsp3) is 1.00. The van der Waals surface area contributed by atoms with E-state index in [1.54, 1.807) is 0 Å². The van der Waals surface area contributed by atoms with Crippen molar-refractivity contribution in [2.75, 3.05) is 32.0 Å². The molecule has 0 atom stereocenters. The summed E-state index contributed by atoms with van der Waals surface area (Å²) in [5, 5.41) is 12.0. The first kappa shape index (κ1) is 16.8. The number of hydrogen-bond donors (Lipinski definition) is 2. The van der Waals surface area contributed by atoms with Crippen molar-refractivity contribution in [3.63, 3.8) is 0 Å². The summed E-state index contributed by atoms with van der Waals surface area (Å²) in [6.45, 7) is 7.27. The summed E-state index contributed by atoms with van der Waals surface area (Å²) in [4.78, 5) is 0. The molecular formula is C11H26N2O3S. The molecular weight excluding hydrogens is 240 g/mol. The van der Waals surface area contributed by atoms with Crippen molar-refractivity contribution in [2.45, 2.75) is 39.7 Å². The molecule has 0 saturated heterocycles. The third-order valence-corrected chi connectivity index (χ3v) is 4.30. The van der Waals surface area contributed by atoms with Gasteiger partial charge in [0.2, 0.25) is 10.0 Å². The molecule has 0 amide bonds. The van der Waals surface area contributed by atoms with Crippen molar-refractivity contribution in [3.05, 3.63) is 0 Å². The van der Waals surface area contributed by atoms with E-state index in [2.05, 4.69) is 5.32 Å². The Labute approximate surface area is 105 Å². The highest BCUT2D eigenvalue weighted by Crippen LogP contribution is 2.04. The molecule has 0 aromatic carbocycles. The number of nitrogens with zero attached hydrogens (tertiary/aromatic N) is 1. The Morgan fingerprint density at radius 1 is 1.29 bits per heavy atom. The number of nitrogens with one attached hydrogen (secondary N) is 1. The lowest BCUT2D eigenvalue weighted by Gasteiger charge is -2.20. The molecule has 17 heavy (non-hydrogen) atoms. The standard InChI is InChI=1S/C11H26N2O3S/c1-4-7-13(8-9-14)17(15,16)10-5-6-12-11(2)3/h11-12,14H,4-10H2,1-3H3. The van der Waals surface area contributed by atoms with Crippen molar-refractivity contribution >= 4 is 10.0 Å². The third kappa shape index (κ3) is 7.70. The fourth-order valence-corrected chi connectivity index (χ4v) is 3.11. The highest BCUT2D eigenvalue weighted by molar-refractivity contribution is 7.89. The minimum atomic E-state index is -3.21. The predicted octanol–water partition coefficient (Wildman–Crippen LogP) is 0.409. The molecule has 0 unspecified atom stereocenters. The Morgan fingerprint density at radius 3 is 2.41 bits per heavy atom. The number of aliphatic hydroxyl groups excluding tert-OH is 1. The lowest BCUT2D eigenvalue weighted by atomic mass is 10.4. The van der Waals surface area contributed by atoms with Crippen LogP contribution in [-0.4, -0.2) is 55.9 Å². The summed E-state index contributed by atoms with van der Waals surface area (Å²) in [5.74, 6) is 0.146. The van der Waals surface area contributed by atoms with Gasteiger partial charge in [-0.15, -0.1) is 0 Å². The maximum Gasteiger partial charge on any atom is 0.214 e. The van der Waals surface area contributed by atoms with E-state index in [9.17, 15) is 8.42 Å². The Morgan fingerprint density at radius 2 is 1.94 bits per heavy atom. The second-order valence-corrected chi connectivity index (χ2v) is 6.49. The number of rotatable bonds is 10. The first-order valence-electron chi connectivity index (χ1n) is 6.26. The minimum Gasteiger partial charge on any atom is -0.395 e. The lowest BCUT2D eigenvalue weighted by Crippen LogP contribution is -2.37. The normalized spacial score (nSPS) is 12.6. The van der Waals surface area contributed by atoms with Gasteiger partial charge in [0.15, 0.2) is 0 Å². The summed E-state index contributed by atoms with van der Waals surface area (Å²) >= 11 is 0. The van der Waals surface area contributed by atoms with E-state index in [-0.39, 0.29) is 18.9 Å². The predicted molar refractivity (Wildman–Crippen MR) is 70.5 cm³/mol. The second-order valence-electron chi connectivity index (χ2n) is 4.40. The minimum absolute atomic E-state index is 0.122. The van der Waals surface area contributed by atoms with Gasteiger partial charge in [-0.3, -0.25) is 0 Å². The van der Waals surface area contributed by atoms with Gasteiger partial charge in [0.25, 0.3) is 0 Å². The summed E-state index contributed by atoms with van der Waals surface area (Å²) in [6.07, 6.45) is 1.37. The molecule has 0 aliphatic carbocycles. The zero-order chi connectivity index (χ0) is 13.3. The van der Waals surface area contributed by atoms with Gasteiger partial charge in [-0.1, -0.05) is 20.8 Å². The number of hydrogen-bond acceptors (Lipinski definition) is 4.